The Labute approximate surface area is 154 Å². The van der Waals surface area contributed by atoms with Crippen LogP contribution in [0.25, 0.3) is 0 Å². The van der Waals surface area contributed by atoms with Crippen LogP contribution in [0.3, 0.4) is 0 Å². The van der Waals surface area contributed by atoms with Crippen molar-refractivity contribution in [1.82, 2.24) is 9.80 Å². The van der Waals surface area contributed by atoms with Crippen molar-refractivity contribution >= 4 is 23.4 Å². The van der Waals surface area contributed by atoms with Crippen LogP contribution in [-0.4, -0.2) is 53.7 Å². The fourth-order valence-electron chi connectivity index (χ4n) is 3.21. The fraction of sp³-hybridized carbons (Fsp3) is 0.500. The van der Waals surface area contributed by atoms with Crippen molar-refractivity contribution in [3.8, 4) is 0 Å². The number of rotatable bonds is 3. The lowest BCUT2D eigenvalue weighted by Crippen LogP contribution is -2.53. The highest BCUT2D eigenvalue weighted by molar-refractivity contribution is 6.13. The average Bonchev–Trinajstić information content (AvgIpc) is 3.42. The van der Waals surface area contributed by atoms with Crippen molar-refractivity contribution in [1.29, 1.82) is 0 Å². The number of benzene rings is 1. The maximum atomic E-state index is 12.8. The molecule has 1 heterocycles. The minimum absolute atomic E-state index is 0.00954. The molecule has 27 heavy (non-hydrogen) atoms. The number of carbonyl (C=O) groups excluding carboxylic acids is 3. The summed E-state index contributed by atoms with van der Waals surface area (Å²) < 4.78 is 38.4. The van der Waals surface area contributed by atoms with E-state index in [-0.39, 0.29) is 17.5 Å². The molecule has 0 bridgehead atoms. The number of amides is 3. The third kappa shape index (κ3) is 3.91. The van der Waals surface area contributed by atoms with Gasteiger partial charge in [0.25, 0.3) is 0 Å². The molecule has 0 aromatic heterocycles. The van der Waals surface area contributed by atoms with E-state index < -0.39 is 23.1 Å². The Bertz CT molecular complexity index is 767. The number of carbonyl (C=O) groups is 3. The zero-order valence-electron chi connectivity index (χ0n) is 14.8. The minimum Gasteiger partial charge on any atom is -0.339 e. The Morgan fingerprint density at radius 1 is 1.04 bits per heavy atom. The Balaban J connectivity index is 1.66. The lowest BCUT2D eigenvalue weighted by atomic mass is 10.0. The normalized spacial score (nSPS) is 18.8. The summed E-state index contributed by atoms with van der Waals surface area (Å²) in [5.41, 5.74) is -2.07. The van der Waals surface area contributed by atoms with E-state index in [1.807, 2.05) is 0 Å². The molecule has 1 aliphatic heterocycles. The predicted molar refractivity (Wildman–Crippen MR) is 90.6 cm³/mol. The first-order valence-corrected chi connectivity index (χ1v) is 8.67. The Morgan fingerprint density at radius 3 is 2.15 bits per heavy atom. The average molecular weight is 383 g/mol. The second kappa shape index (κ2) is 6.86. The summed E-state index contributed by atoms with van der Waals surface area (Å²) in [5.74, 6) is -0.971. The molecule has 146 valence electrons. The van der Waals surface area contributed by atoms with E-state index in [0.717, 1.165) is 12.1 Å². The molecular weight excluding hydrogens is 363 g/mol. The molecule has 0 atom stereocenters. The molecule has 0 radical (unpaired) electrons. The first-order chi connectivity index (χ1) is 12.6. The molecule has 2 fully saturated rings. The number of alkyl halides is 3. The first-order valence-electron chi connectivity index (χ1n) is 8.67. The van der Waals surface area contributed by atoms with E-state index in [2.05, 4.69) is 5.32 Å². The molecular formula is C18H20F3N3O3. The van der Waals surface area contributed by atoms with Gasteiger partial charge in [0, 0.05) is 38.8 Å². The maximum absolute atomic E-state index is 12.8. The van der Waals surface area contributed by atoms with E-state index in [9.17, 15) is 27.6 Å². The number of piperazine rings is 1. The second-order valence-electron chi connectivity index (χ2n) is 6.91. The third-order valence-electron chi connectivity index (χ3n) is 5.05. The van der Waals surface area contributed by atoms with Crippen LogP contribution in [0.2, 0.25) is 0 Å². The number of anilines is 1. The lowest BCUT2D eigenvalue weighted by Gasteiger charge is -2.35. The van der Waals surface area contributed by atoms with Gasteiger partial charge in [0.05, 0.1) is 5.56 Å². The largest absolute Gasteiger partial charge is 0.416 e. The smallest absolute Gasteiger partial charge is 0.339 e. The molecule has 3 amide bonds. The van der Waals surface area contributed by atoms with Crippen molar-refractivity contribution in [3.63, 3.8) is 0 Å². The summed E-state index contributed by atoms with van der Waals surface area (Å²) >= 11 is 0. The van der Waals surface area contributed by atoms with Gasteiger partial charge in [-0.1, -0.05) is 6.07 Å². The molecule has 0 unspecified atom stereocenters. The first kappa shape index (κ1) is 19.2. The van der Waals surface area contributed by atoms with Crippen molar-refractivity contribution < 1.29 is 27.6 Å². The molecule has 2 aliphatic rings. The summed E-state index contributed by atoms with van der Waals surface area (Å²) in [6.07, 6.45) is -3.78. The molecule has 1 N–H and O–H groups in total. The van der Waals surface area contributed by atoms with Crippen molar-refractivity contribution in [2.24, 2.45) is 5.41 Å². The Kier molecular flexibility index (Phi) is 4.88. The van der Waals surface area contributed by atoms with Crippen LogP contribution in [0.1, 0.15) is 25.3 Å². The van der Waals surface area contributed by atoms with Gasteiger partial charge in [-0.05, 0) is 31.0 Å². The van der Waals surface area contributed by atoms with Crippen LogP contribution < -0.4 is 5.32 Å². The van der Waals surface area contributed by atoms with E-state index >= 15 is 0 Å². The van der Waals surface area contributed by atoms with Crippen LogP contribution >= 0.6 is 0 Å². The van der Waals surface area contributed by atoms with Crippen LogP contribution in [0.4, 0.5) is 18.9 Å². The van der Waals surface area contributed by atoms with Gasteiger partial charge in [0.1, 0.15) is 5.41 Å². The SMILES string of the molecule is CC(=O)N1CCN(C(=O)C2(C(=O)Nc3cccc(C(F)(F)F)c3)CC2)CC1. The van der Waals surface area contributed by atoms with E-state index in [1.165, 1.54) is 19.1 Å². The highest BCUT2D eigenvalue weighted by Crippen LogP contribution is 2.48. The van der Waals surface area contributed by atoms with Gasteiger partial charge in [0.15, 0.2) is 0 Å². The number of halogens is 3. The minimum atomic E-state index is -4.51. The van der Waals surface area contributed by atoms with Crippen LogP contribution in [-0.2, 0) is 20.6 Å². The lowest BCUT2D eigenvalue weighted by molar-refractivity contribution is -0.146. The summed E-state index contributed by atoms with van der Waals surface area (Å²) in [6, 6.07) is 4.34. The van der Waals surface area contributed by atoms with Gasteiger partial charge in [-0.15, -0.1) is 0 Å². The molecule has 1 aliphatic carbocycles. The monoisotopic (exact) mass is 383 g/mol. The van der Waals surface area contributed by atoms with E-state index in [1.54, 1.807) is 9.80 Å². The number of nitrogens with one attached hydrogen (secondary N) is 1. The number of hydrogen-bond acceptors (Lipinski definition) is 3. The number of nitrogens with zero attached hydrogens (tertiary/aromatic N) is 2. The summed E-state index contributed by atoms with van der Waals surface area (Å²) in [7, 11) is 0. The summed E-state index contributed by atoms with van der Waals surface area (Å²) in [5, 5.41) is 2.45. The maximum Gasteiger partial charge on any atom is 0.416 e. The van der Waals surface area contributed by atoms with Crippen molar-refractivity contribution in [2.45, 2.75) is 25.9 Å². The quantitative estimate of drug-likeness (QED) is 0.813. The predicted octanol–water partition coefficient (Wildman–Crippen LogP) is 2.11. The molecule has 1 saturated carbocycles. The molecule has 9 heteroatoms. The molecule has 1 saturated heterocycles. The highest BCUT2D eigenvalue weighted by Gasteiger charge is 2.58. The van der Waals surface area contributed by atoms with Gasteiger partial charge < -0.3 is 15.1 Å². The summed E-state index contributed by atoms with van der Waals surface area (Å²) in [4.78, 5) is 40.0. The highest BCUT2D eigenvalue weighted by atomic mass is 19.4. The topological polar surface area (TPSA) is 69.7 Å². The van der Waals surface area contributed by atoms with Crippen molar-refractivity contribution in [2.75, 3.05) is 31.5 Å². The molecule has 6 nitrogen and oxygen atoms in total. The zero-order valence-corrected chi connectivity index (χ0v) is 14.8. The second-order valence-corrected chi connectivity index (χ2v) is 6.91. The van der Waals surface area contributed by atoms with Crippen LogP contribution in [0.5, 0.6) is 0 Å². The fourth-order valence-corrected chi connectivity index (χ4v) is 3.21. The van der Waals surface area contributed by atoms with Crippen LogP contribution in [0.15, 0.2) is 24.3 Å². The standard InChI is InChI=1S/C18H20F3N3O3/c1-12(25)23-7-9-24(10-8-23)16(27)17(5-6-17)15(26)22-14-4-2-3-13(11-14)18(19,20)21/h2-4,11H,5-10H2,1H3,(H,22,26). The van der Waals surface area contributed by atoms with Crippen LogP contribution in [0, 0.1) is 5.41 Å². The summed E-state index contributed by atoms with van der Waals surface area (Å²) in [6.45, 7) is 2.97. The Morgan fingerprint density at radius 2 is 1.63 bits per heavy atom. The Hall–Kier alpha value is -2.58. The van der Waals surface area contributed by atoms with E-state index in [0.29, 0.717) is 39.0 Å². The van der Waals surface area contributed by atoms with Gasteiger partial charge >= 0.3 is 6.18 Å². The van der Waals surface area contributed by atoms with Crippen molar-refractivity contribution in [3.05, 3.63) is 29.8 Å². The van der Waals surface area contributed by atoms with Gasteiger partial charge in [-0.3, -0.25) is 14.4 Å². The number of hydrogen-bond donors (Lipinski definition) is 1. The molecule has 1 aromatic rings. The molecule has 1 aromatic carbocycles. The van der Waals surface area contributed by atoms with Gasteiger partial charge in [-0.2, -0.15) is 13.2 Å². The molecule has 3 rings (SSSR count). The zero-order chi connectivity index (χ0) is 19.8. The van der Waals surface area contributed by atoms with Gasteiger partial charge in [0.2, 0.25) is 17.7 Å². The molecule has 0 spiro atoms. The van der Waals surface area contributed by atoms with E-state index in [4.69, 9.17) is 0 Å². The third-order valence-corrected chi connectivity index (χ3v) is 5.05. The van der Waals surface area contributed by atoms with Gasteiger partial charge in [-0.25, -0.2) is 0 Å².